The molecule has 1 unspecified atom stereocenters. The molecular weight excluding hydrogens is 216 g/mol. The lowest BCUT2D eigenvalue weighted by Gasteiger charge is -2.45. The normalized spacial score (nSPS) is 23.0. The number of hydrogen-bond donors (Lipinski definition) is 1. The van der Waals surface area contributed by atoms with Crippen LogP contribution in [0.4, 0.5) is 0 Å². The largest absolute Gasteiger partial charge is 0.480 e. The van der Waals surface area contributed by atoms with Crippen molar-refractivity contribution in [2.24, 2.45) is 0 Å². The van der Waals surface area contributed by atoms with Gasteiger partial charge in [0.25, 0.3) is 0 Å². The Kier molecular flexibility index (Phi) is 4.95. The Balaban J connectivity index is 2.83. The molecule has 4 heteroatoms. The van der Waals surface area contributed by atoms with Gasteiger partial charge in [0.2, 0.25) is 0 Å². The summed E-state index contributed by atoms with van der Waals surface area (Å²) < 4.78 is 0. The van der Waals surface area contributed by atoms with Crippen LogP contribution in [0.1, 0.15) is 39.5 Å². The van der Waals surface area contributed by atoms with Crippen LogP contribution in [-0.2, 0) is 4.79 Å². The van der Waals surface area contributed by atoms with Gasteiger partial charge in [-0.1, -0.05) is 13.8 Å². The molecule has 0 spiro atoms. The average molecular weight is 242 g/mol. The van der Waals surface area contributed by atoms with Gasteiger partial charge in [0.05, 0.1) is 0 Å². The molecule has 0 radical (unpaired) electrons. The lowest BCUT2D eigenvalue weighted by Crippen LogP contribution is -2.59. The van der Waals surface area contributed by atoms with Crippen LogP contribution in [-0.4, -0.2) is 59.6 Å². The first-order valence-electron chi connectivity index (χ1n) is 6.62. The van der Waals surface area contributed by atoms with Crippen LogP contribution >= 0.6 is 0 Å². The number of nitrogens with zero attached hydrogens (tertiary/aromatic N) is 2. The van der Waals surface area contributed by atoms with Gasteiger partial charge in [-0.25, -0.2) is 0 Å². The third-order valence-electron chi connectivity index (χ3n) is 4.39. The number of piperidine rings is 1. The highest BCUT2D eigenvalue weighted by Gasteiger charge is 2.42. The molecule has 0 aromatic carbocycles. The summed E-state index contributed by atoms with van der Waals surface area (Å²) in [4.78, 5) is 16.0. The van der Waals surface area contributed by atoms with Gasteiger partial charge in [0.15, 0.2) is 0 Å². The molecule has 0 bridgehead atoms. The van der Waals surface area contributed by atoms with E-state index in [0.717, 1.165) is 25.9 Å². The van der Waals surface area contributed by atoms with Gasteiger partial charge in [-0.2, -0.15) is 0 Å². The van der Waals surface area contributed by atoms with Crippen molar-refractivity contribution in [3.05, 3.63) is 0 Å². The van der Waals surface area contributed by atoms with Gasteiger partial charge < -0.3 is 10.0 Å². The maximum absolute atomic E-state index is 11.6. The Bertz CT molecular complexity index is 264. The van der Waals surface area contributed by atoms with Gasteiger partial charge in [0, 0.05) is 12.6 Å². The third kappa shape index (κ3) is 2.80. The predicted molar refractivity (Wildman–Crippen MR) is 69.2 cm³/mol. The number of likely N-dealkylation sites (N-methyl/N-ethyl adjacent to an activating group) is 2. The molecule has 1 atom stereocenters. The van der Waals surface area contributed by atoms with Crippen LogP contribution < -0.4 is 0 Å². The van der Waals surface area contributed by atoms with E-state index in [2.05, 4.69) is 16.8 Å². The Hall–Kier alpha value is -0.610. The number of hydrogen-bond acceptors (Lipinski definition) is 3. The SMILES string of the molecule is CCC(CC)(C(=O)O)N(C)C1CCCN(C)C1. The molecule has 17 heavy (non-hydrogen) atoms. The van der Waals surface area contributed by atoms with E-state index in [9.17, 15) is 9.90 Å². The van der Waals surface area contributed by atoms with E-state index in [0.29, 0.717) is 18.9 Å². The quantitative estimate of drug-likeness (QED) is 0.796. The van der Waals surface area contributed by atoms with Crippen LogP contribution in [0, 0.1) is 0 Å². The molecule has 0 aliphatic carbocycles. The fraction of sp³-hybridized carbons (Fsp3) is 0.923. The first-order chi connectivity index (χ1) is 7.97. The van der Waals surface area contributed by atoms with Crippen LogP contribution in [0.5, 0.6) is 0 Å². The molecular formula is C13H26N2O2. The molecule has 1 N–H and O–H groups in total. The molecule has 1 aliphatic rings. The van der Waals surface area contributed by atoms with E-state index in [1.54, 1.807) is 0 Å². The predicted octanol–water partition coefficient (Wildman–Crippen LogP) is 1.66. The minimum Gasteiger partial charge on any atom is -0.480 e. The Labute approximate surface area is 105 Å². The molecule has 1 aliphatic heterocycles. The maximum Gasteiger partial charge on any atom is 0.324 e. The second kappa shape index (κ2) is 5.83. The highest BCUT2D eigenvalue weighted by atomic mass is 16.4. The van der Waals surface area contributed by atoms with Crippen molar-refractivity contribution in [2.45, 2.75) is 51.1 Å². The van der Waals surface area contributed by atoms with Crippen molar-refractivity contribution in [3.8, 4) is 0 Å². The second-order valence-electron chi connectivity index (χ2n) is 5.21. The van der Waals surface area contributed by atoms with Crippen LogP contribution in [0.2, 0.25) is 0 Å². The van der Waals surface area contributed by atoms with Crippen LogP contribution in [0.15, 0.2) is 0 Å². The molecule has 4 nitrogen and oxygen atoms in total. The van der Waals surface area contributed by atoms with Crippen molar-refractivity contribution in [1.82, 2.24) is 9.80 Å². The fourth-order valence-corrected chi connectivity index (χ4v) is 3.01. The lowest BCUT2D eigenvalue weighted by molar-refractivity contribution is -0.154. The summed E-state index contributed by atoms with van der Waals surface area (Å²) in [6, 6.07) is 0.366. The molecule has 0 amide bonds. The van der Waals surface area contributed by atoms with Gasteiger partial charge in [-0.05, 0) is 46.3 Å². The number of carboxylic acids is 1. The maximum atomic E-state index is 11.6. The molecule has 1 heterocycles. The van der Waals surface area contributed by atoms with E-state index in [1.165, 1.54) is 0 Å². The van der Waals surface area contributed by atoms with Gasteiger partial charge in [-0.15, -0.1) is 0 Å². The summed E-state index contributed by atoms with van der Waals surface area (Å²) in [7, 11) is 4.09. The van der Waals surface area contributed by atoms with Crippen molar-refractivity contribution in [2.75, 3.05) is 27.2 Å². The summed E-state index contributed by atoms with van der Waals surface area (Å²) in [5.41, 5.74) is -0.692. The van der Waals surface area contributed by atoms with Crippen LogP contribution in [0.3, 0.4) is 0 Å². The molecule has 1 saturated heterocycles. The summed E-state index contributed by atoms with van der Waals surface area (Å²) >= 11 is 0. The summed E-state index contributed by atoms with van der Waals surface area (Å²) in [5, 5.41) is 9.54. The lowest BCUT2D eigenvalue weighted by atomic mass is 9.88. The van der Waals surface area contributed by atoms with Crippen molar-refractivity contribution in [1.29, 1.82) is 0 Å². The van der Waals surface area contributed by atoms with E-state index in [1.807, 2.05) is 20.9 Å². The third-order valence-corrected chi connectivity index (χ3v) is 4.39. The van der Waals surface area contributed by atoms with Gasteiger partial charge >= 0.3 is 5.97 Å². The minimum absolute atomic E-state index is 0.366. The standard InChI is InChI=1S/C13H26N2O2/c1-5-13(6-2,12(16)17)15(4)11-8-7-9-14(3)10-11/h11H,5-10H2,1-4H3,(H,16,17). The van der Waals surface area contributed by atoms with E-state index < -0.39 is 11.5 Å². The van der Waals surface area contributed by atoms with Crippen LogP contribution in [0.25, 0.3) is 0 Å². The average Bonchev–Trinajstić information content (AvgIpc) is 2.30. The van der Waals surface area contributed by atoms with Gasteiger partial charge in [-0.3, -0.25) is 9.69 Å². The minimum atomic E-state index is -0.692. The number of likely N-dealkylation sites (tertiary alicyclic amines) is 1. The summed E-state index contributed by atoms with van der Waals surface area (Å²) in [5.74, 6) is -0.682. The highest BCUT2D eigenvalue weighted by Crippen LogP contribution is 2.28. The second-order valence-corrected chi connectivity index (χ2v) is 5.21. The monoisotopic (exact) mass is 242 g/mol. The Morgan fingerprint density at radius 3 is 2.47 bits per heavy atom. The number of carboxylic acid groups (broad SMARTS) is 1. The number of carbonyl (C=O) groups is 1. The Morgan fingerprint density at radius 2 is 2.06 bits per heavy atom. The first-order valence-corrected chi connectivity index (χ1v) is 6.62. The smallest absolute Gasteiger partial charge is 0.324 e. The molecule has 100 valence electrons. The molecule has 0 aromatic rings. The molecule has 1 fully saturated rings. The van der Waals surface area contributed by atoms with Crippen molar-refractivity contribution in [3.63, 3.8) is 0 Å². The number of aliphatic carboxylic acids is 1. The van der Waals surface area contributed by atoms with Crippen molar-refractivity contribution >= 4 is 5.97 Å². The van der Waals surface area contributed by atoms with Gasteiger partial charge in [0.1, 0.15) is 5.54 Å². The molecule has 0 aromatic heterocycles. The highest BCUT2D eigenvalue weighted by molar-refractivity contribution is 5.78. The van der Waals surface area contributed by atoms with Crippen molar-refractivity contribution < 1.29 is 9.90 Å². The fourth-order valence-electron chi connectivity index (χ4n) is 3.01. The van der Waals surface area contributed by atoms with E-state index in [4.69, 9.17) is 0 Å². The van der Waals surface area contributed by atoms with E-state index >= 15 is 0 Å². The molecule has 1 rings (SSSR count). The summed E-state index contributed by atoms with van der Waals surface area (Å²) in [6.07, 6.45) is 3.59. The van der Waals surface area contributed by atoms with E-state index in [-0.39, 0.29) is 0 Å². The zero-order valence-corrected chi connectivity index (χ0v) is 11.6. The topological polar surface area (TPSA) is 43.8 Å². The Morgan fingerprint density at radius 1 is 1.47 bits per heavy atom. The zero-order valence-electron chi connectivity index (χ0n) is 11.6. The number of rotatable bonds is 5. The molecule has 0 saturated carbocycles. The first kappa shape index (κ1) is 14.5. The summed E-state index contributed by atoms with van der Waals surface area (Å²) in [6.45, 7) is 6.05. The zero-order chi connectivity index (χ0) is 13.1.